The lowest BCUT2D eigenvalue weighted by Gasteiger charge is -2.41. The number of aliphatic carboxylic acids is 1. The summed E-state index contributed by atoms with van der Waals surface area (Å²) >= 11 is 0. The van der Waals surface area contributed by atoms with Gasteiger partial charge in [0.2, 0.25) is 5.82 Å². The van der Waals surface area contributed by atoms with E-state index in [4.69, 9.17) is 9.47 Å². The predicted molar refractivity (Wildman–Crippen MR) is 156 cm³/mol. The number of imidazole rings is 1. The Balaban J connectivity index is 1.46. The Morgan fingerprint density at radius 3 is 2.29 bits per heavy atom. The molecule has 1 aliphatic rings. The van der Waals surface area contributed by atoms with Crippen LogP contribution in [0.1, 0.15) is 54.8 Å². The van der Waals surface area contributed by atoms with Gasteiger partial charge in [-0.05, 0) is 42.2 Å². The summed E-state index contributed by atoms with van der Waals surface area (Å²) in [6, 6.07) is 15.2. The molecule has 1 fully saturated rings. The van der Waals surface area contributed by atoms with Crippen LogP contribution in [0, 0.1) is 0 Å². The number of ether oxygens (including phenoxy) is 2. The van der Waals surface area contributed by atoms with Crippen molar-refractivity contribution in [3.63, 3.8) is 0 Å². The number of aliphatic hydroxyl groups is 3. The van der Waals surface area contributed by atoms with Crippen molar-refractivity contribution in [3.05, 3.63) is 71.3 Å². The first-order chi connectivity index (χ1) is 21.4. The van der Waals surface area contributed by atoms with Gasteiger partial charge in [-0.3, -0.25) is 0 Å². The topological polar surface area (TPSA) is 226 Å². The maximum Gasteiger partial charge on any atom is 0.354 e. The van der Waals surface area contributed by atoms with E-state index in [1.165, 1.54) is 13.8 Å². The van der Waals surface area contributed by atoms with Gasteiger partial charge in [-0.25, -0.2) is 14.6 Å². The summed E-state index contributed by atoms with van der Waals surface area (Å²) in [5, 5.41) is 64.8. The molecule has 0 bridgehead atoms. The second kappa shape index (κ2) is 12.8. The largest absolute Gasteiger partial charge is 0.479 e. The number of nitrogens with zero attached hydrogens (tertiary/aromatic N) is 5. The van der Waals surface area contributed by atoms with E-state index < -0.39 is 48.2 Å². The van der Waals surface area contributed by atoms with Crippen LogP contribution in [-0.2, 0) is 32.8 Å². The average molecular weight is 623 g/mol. The Labute approximate surface area is 257 Å². The van der Waals surface area contributed by atoms with Crippen LogP contribution in [0.5, 0.6) is 0 Å². The summed E-state index contributed by atoms with van der Waals surface area (Å²) in [6.07, 6.45) is -8.07. The molecule has 0 aliphatic carbocycles. The first-order valence-electron chi connectivity index (χ1n) is 14.3. The fourth-order valence-corrected chi connectivity index (χ4v) is 5.39. The molecule has 1 saturated heterocycles. The van der Waals surface area contributed by atoms with Gasteiger partial charge in [-0.15, -0.1) is 10.2 Å². The van der Waals surface area contributed by atoms with Crippen molar-refractivity contribution in [2.75, 3.05) is 0 Å². The molecule has 0 spiro atoms. The van der Waals surface area contributed by atoms with Gasteiger partial charge >= 0.3 is 11.9 Å². The lowest BCUT2D eigenvalue weighted by atomic mass is 9.97. The van der Waals surface area contributed by atoms with Crippen LogP contribution in [-0.4, -0.2) is 98.4 Å². The number of benzene rings is 2. The van der Waals surface area contributed by atoms with Crippen LogP contribution in [0.25, 0.3) is 22.5 Å². The Morgan fingerprint density at radius 1 is 1.00 bits per heavy atom. The van der Waals surface area contributed by atoms with Crippen molar-refractivity contribution in [2.24, 2.45) is 0 Å². The molecule has 5 rings (SSSR count). The van der Waals surface area contributed by atoms with Crippen LogP contribution in [0.2, 0.25) is 0 Å². The monoisotopic (exact) mass is 622 g/mol. The molecular weight excluding hydrogens is 588 g/mol. The van der Waals surface area contributed by atoms with Crippen LogP contribution < -0.4 is 0 Å². The second-order valence-corrected chi connectivity index (χ2v) is 11.2. The number of aromatic amines is 1. The van der Waals surface area contributed by atoms with E-state index >= 15 is 0 Å². The van der Waals surface area contributed by atoms with E-state index in [1.54, 1.807) is 4.57 Å². The number of nitrogens with one attached hydrogen (secondary N) is 1. The summed E-state index contributed by atoms with van der Waals surface area (Å²) in [7, 11) is 0. The standard InChI is InChI=1S/C30H34N6O9/c1-4-7-19-31-25(30(2,3)45-29-23(39)21(37)22(38)24(44-29)28(42)43)20(27(40)41)36(19)14-15-10-12-16(13-11-15)17-8-5-6-9-18(17)26-32-34-35-33-26/h5-6,8-13,21-24,29,37-39H,4,7,14H2,1-3H3,(H,40,41)(H,42,43)(H,32,33,34,35)/t21-,22-,23+,24-,29-/m0/s1. The fourth-order valence-electron chi connectivity index (χ4n) is 5.39. The third kappa shape index (κ3) is 6.34. The zero-order chi connectivity index (χ0) is 32.5. The van der Waals surface area contributed by atoms with Crippen molar-refractivity contribution in [2.45, 2.75) is 76.5 Å². The number of carboxylic acids is 2. The van der Waals surface area contributed by atoms with Crippen molar-refractivity contribution in [3.8, 4) is 22.5 Å². The summed E-state index contributed by atoms with van der Waals surface area (Å²) in [6.45, 7) is 5.10. The summed E-state index contributed by atoms with van der Waals surface area (Å²) < 4.78 is 12.8. The molecule has 2 aromatic heterocycles. The van der Waals surface area contributed by atoms with Gasteiger partial charge in [-0.2, -0.15) is 5.21 Å². The Hall–Kier alpha value is -4.54. The molecule has 15 heteroatoms. The fraction of sp³-hybridized carbons (Fsp3) is 0.400. The van der Waals surface area contributed by atoms with Crippen molar-refractivity contribution >= 4 is 11.9 Å². The molecule has 2 aromatic carbocycles. The van der Waals surface area contributed by atoms with Crippen LogP contribution in [0.15, 0.2) is 48.5 Å². The molecule has 5 atom stereocenters. The number of aromatic nitrogens is 6. The number of rotatable bonds is 11. The van der Waals surface area contributed by atoms with E-state index in [0.717, 1.165) is 22.3 Å². The highest BCUT2D eigenvalue weighted by Gasteiger charge is 2.50. The maximum atomic E-state index is 12.7. The molecule has 0 radical (unpaired) electrons. The smallest absolute Gasteiger partial charge is 0.354 e. The first kappa shape index (κ1) is 31.9. The quantitative estimate of drug-likeness (QED) is 0.140. The molecule has 238 valence electrons. The van der Waals surface area contributed by atoms with Crippen LogP contribution in [0.3, 0.4) is 0 Å². The highest BCUT2D eigenvalue weighted by atomic mass is 16.7. The predicted octanol–water partition coefficient (Wildman–Crippen LogP) is 1.57. The van der Waals surface area contributed by atoms with Crippen molar-refractivity contribution < 1.29 is 44.6 Å². The number of carboxylic acid groups (broad SMARTS) is 2. The number of hydrogen-bond acceptors (Lipinski definition) is 11. The minimum atomic E-state index is -1.90. The number of tetrazole rings is 1. The normalized spacial score (nSPS) is 22.0. The third-order valence-corrected chi connectivity index (χ3v) is 7.64. The summed E-state index contributed by atoms with van der Waals surface area (Å²) in [4.78, 5) is 28.9. The van der Waals surface area contributed by atoms with Gasteiger partial charge in [0.25, 0.3) is 0 Å². The minimum absolute atomic E-state index is 0.0207. The summed E-state index contributed by atoms with van der Waals surface area (Å²) in [5.74, 6) is -1.90. The van der Waals surface area contributed by atoms with Gasteiger partial charge < -0.3 is 39.6 Å². The number of H-pyrrole nitrogens is 1. The lowest BCUT2D eigenvalue weighted by molar-refractivity contribution is -0.318. The van der Waals surface area contributed by atoms with Gasteiger partial charge in [-0.1, -0.05) is 55.5 Å². The number of aromatic carboxylic acids is 1. The Morgan fingerprint density at radius 2 is 1.69 bits per heavy atom. The van der Waals surface area contributed by atoms with E-state index in [9.17, 15) is 35.1 Å². The SMILES string of the molecule is CCCc1nc(C(C)(C)O[C@@H]2O[C@H](C(=O)O)[C@@H](O)[C@H](O)[C@H]2O)c(C(=O)O)n1Cc1ccc(-c2ccccc2-c2nn[nH]n2)cc1. The van der Waals surface area contributed by atoms with E-state index in [2.05, 4.69) is 25.6 Å². The molecular formula is C30H34N6O9. The van der Waals surface area contributed by atoms with E-state index in [1.807, 2.05) is 55.5 Å². The molecule has 15 nitrogen and oxygen atoms in total. The summed E-state index contributed by atoms with van der Waals surface area (Å²) in [5.41, 5.74) is 1.70. The zero-order valence-electron chi connectivity index (χ0n) is 24.7. The Kier molecular flexibility index (Phi) is 9.08. The van der Waals surface area contributed by atoms with Crippen molar-refractivity contribution in [1.82, 2.24) is 30.2 Å². The van der Waals surface area contributed by atoms with Gasteiger partial charge in [0.1, 0.15) is 35.4 Å². The lowest BCUT2D eigenvalue weighted by Crippen LogP contribution is -2.61. The molecule has 1 aliphatic heterocycles. The first-order valence-corrected chi connectivity index (χ1v) is 14.3. The van der Waals surface area contributed by atoms with Gasteiger partial charge in [0, 0.05) is 18.5 Å². The van der Waals surface area contributed by atoms with E-state index in [-0.39, 0.29) is 17.9 Å². The van der Waals surface area contributed by atoms with E-state index in [0.29, 0.717) is 24.5 Å². The average Bonchev–Trinajstić information content (AvgIpc) is 3.67. The molecule has 0 saturated carbocycles. The number of hydrogen-bond donors (Lipinski definition) is 6. The minimum Gasteiger partial charge on any atom is -0.479 e. The number of carbonyl (C=O) groups is 2. The molecule has 3 heterocycles. The highest BCUT2D eigenvalue weighted by Crippen LogP contribution is 2.35. The maximum absolute atomic E-state index is 12.7. The Bertz CT molecular complexity index is 1650. The second-order valence-electron chi connectivity index (χ2n) is 11.2. The van der Waals surface area contributed by atoms with Crippen LogP contribution >= 0.6 is 0 Å². The van der Waals surface area contributed by atoms with Crippen molar-refractivity contribution in [1.29, 1.82) is 0 Å². The molecule has 6 N–H and O–H groups in total. The third-order valence-electron chi connectivity index (χ3n) is 7.64. The zero-order valence-corrected chi connectivity index (χ0v) is 24.7. The molecule has 45 heavy (non-hydrogen) atoms. The highest BCUT2D eigenvalue weighted by molar-refractivity contribution is 5.87. The van der Waals surface area contributed by atoms with Gasteiger partial charge in [0.15, 0.2) is 18.1 Å². The number of aliphatic hydroxyl groups excluding tert-OH is 3. The van der Waals surface area contributed by atoms with Crippen LogP contribution in [0.4, 0.5) is 0 Å². The van der Waals surface area contributed by atoms with Gasteiger partial charge in [0.05, 0.1) is 0 Å². The molecule has 0 amide bonds. The number of aryl methyl sites for hydroxylation is 1. The molecule has 0 unspecified atom stereocenters. The molecule has 4 aromatic rings.